The van der Waals surface area contributed by atoms with E-state index in [1.807, 2.05) is 12.3 Å². The summed E-state index contributed by atoms with van der Waals surface area (Å²) in [5.74, 6) is 0. The van der Waals surface area contributed by atoms with Crippen LogP contribution in [0.4, 0.5) is 0 Å². The van der Waals surface area contributed by atoms with Gasteiger partial charge in [0, 0.05) is 18.0 Å². The summed E-state index contributed by atoms with van der Waals surface area (Å²) in [6.07, 6.45) is 7.28. The SMILES string of the molecule is CC(O)(Cc1nccs1)c1ccc2c(c1)CCCC2. The molecular formula is C16H19NOS. The van der Waals surface area contributed by atoms with E-state index in [-0.39, 0.29) is 0 Å². The van der Waals surface area contributed by atoms with Crippen LogP contribution in [-0.2, 0) is 24.9 Å². The van der Waals surface area contributed by atoms with E-state index in [1.165, 1.54) is 30.4 Å². The van der Waals surface area contributed by atoms with Crippen molar-refractivity contribution >= 4 is 11.3 Å². The first-order valence-electron chi connectivity index (χ1n) is 6.88. The van der Waals surface area contributed by atoms with Gasteiger partial charge in [-0.3, -0.25) is 0 Å². The predicted molar refractivity (Wildman–Crippen MR) is 78.5 cm³/mol. The number of thiazole rings is 1. The van der Waals surface area contributed by atoms with E-state index in [0.717, 1.165) is 17.0 Å². The molecule has 1 aromatic carbocycles. The summed E-state index contributed by atoms with van der Waals surface area (Å²) in [4.78, 5) is 4.27. The van der Waals surface area contributed by atoms with E-state index >= 15 is 0 Å². The Balaban J connectivity index is 1.88. The number of aryl methyl sites for hydroxylation is 2. The van der Waals surface area contributed by atoms with Gasteiger partial charge in [-0.05, 0) is 49.3 Å². The highest BCUT2D eigenvalue weighted by Gasteiger charge is 2.26. The maximum absolute atomic E-state index is 10.7. The van der Waals surface area contributed by atoms with E-state index in [9.17, 15) is 5.11 Å². The van der Waals surface area contributed by atoms with Crippen LogP contribution in [0.15, 0.2) is 29.8 Å². The van der Waals surface area contributed by atoms with Gasteiger partial charge < -0.3 is 5.11 Å². The number of fused-ring (bicyclic) bond motifs is 1. The summed E-state index contributed by atoms with van der Waals surface area (Å²) in [7, 11) is 0. The molecule has 0 saturated carbocycles. The minimum Gasteiger partial charge on any atom is -0.385 e. The van der Waals surface area contributed by atoms with Gasteiger partial charge in [0.1, 0.15) is 0 Å². The molecule has 0 fully saturated rings. The zero-order chi connectivity index (χ0) is 13.3. The van der Waals surface area contributed by atoms with Crippen molar-refractivity contribution in [3.63, 3.8) is 0 Å². The molecule has 1 heterocycles. The first kappa shape index (κ1) is 12.8. The van der Waals surface area contributed by atoms with Crippen molar-refractivity contribution in [2.24, 2.45) is 0 Å². The highest BCUT2D eigenvalue weighted by Crippen LogP contribution is 2.30. The lowest BCUT2D eigenvalue weighted by Crippen LogP contribution is -2.24. The van der Waals surface area contributed by atoms with Crippen LogP contribution in [0.3, 0.4) is 0 Å². The second kappa shape index (κ2) is 5.06. The fraction of sp³-hybridized carbons (Fsp3) is 0.438. The molecule has 1 aromatic heterocycles. The van der Waals surface area contributed by atoms with Gasteiger partial charge in [0.25, 0.3) is 0 Å². The second-order valence-electron chi connectivity index (χ2n) is 5.57. The van der Waals surface area contributed by atoms with Crippen molar-refractivity contribution in [3.05, 3.63) is 51.5 Å². The number of aliphatic hydroxyl groups is 1. The van der Waals surface area contributed by atoms with E-state index < -0.39 is 5.60 Å². The number of hydrogen-bond donors (Lipinski definition) is 1. The molecule has 3 rings (SSSR count). The summed E-state index contributed by atoms with van der Waals surface area (Å²) in [6.45, 7) is 1.89. The fourth-order valence-electron chi connectivity index (χ4n) is 2.81. The lowest BCUT2D eigenvalue weighted by molar-refractivity contribution is 0.0574. The highest BCUT2D eigenvalue weighted by molar-refractivity contribution is 7.09. The summed E-state index contributed by atoms with van der Waals surface area (Å²) >= 11 is 1.60. The van der Waals surface area contributed by atoms with Gasteiger partial charge in [-0.2, -0.15) is 0 Å². The van der Waals surface area contributed by atoms with Crippen molar-refractivity contribution in [1.29, 1.82) is 0 Å². The zero-order valence-corrected chi connectivity index (χ0v) is 12.0. The lowest BCUT2D eigenvalue weighted by Gasteiger charge is -2.25. The zero-order valence-electron chi connectivity index (χ0n) is 11.2. The van der Waals surface area contributed by atoms with E-state index in [4.69, 9.17) is 0 Å². The van der Waals surface area contributed by atoms with Crippen LogP contribution >= 0.6 is 11.3 Å². The normalized spacial score (nSPS) is 17.8. The summed E-state index contributed by atoms with van der Waals surface area (Å²) in [5, 5.41) is 13.7. The van der Waals surface area contributed by atoms with Gasteiger partial charge in [0.05, 0.1) is 10.6 Å². The number of hydrogen-bond acceptors (Lipinski definition) is 3. The second-order valence-corrected chi connectivity index (χ2v) is 6.55. The van der Waals surface area contributed by atoms with Crippen LogP contribution in [0.1, 0.15) is 41.5 Å². The van der Waals surface area contributed by atoms with Gasteiger partial charge >= 0.3 is 0 Å². The van der Waals surface area contributed by atoms with Crippen LogP contribution < -0.4 is 0 Å². The molecule has 0 spiro atoms. The van der Waals surface area contributed by atoms with Gasteiger partial charge in [-0.15, -0.1) is 11.3 Å². The molecule has 100 valence electrons. The summed E-state index contributed by atoms with van der Waals surface area (Å²) in [5.41, 5.74) is 3.07. The predicted octanol–water partition coefficient (Wildman–Crippen LogP) is 3.47. The number of rotatable bonds is 3. The summed E-state index contributed by atoms with van der Waals surface area (Å²) < 4.78 is 0. The van der Waals surface area contributed by atoms with Crippen molar-refractivity contribution in [2.45, 2.75) is 44.6 Å². The van der Waals surface area contributed by atoms with Gasteiger partial charge in [-0.1, -0.05) is 18.2 Å². The maximum atomic E-state index is 10.7. The Labute approximate surface area is 118 Å². The average Bonchev–Trinajstić information content (AvgIpc) is 2.90. The standard InChI is InChI=1S/C16H19NOS/c1-16(18,11-15-17-8-9-19-15)14-7-6-12-4-2-3-5-13(12)10-14/h6-10,18H,2-5,11H2,1H3. The van der Waals surface area contributed by atoms with Crippen LogP contribution in [-0.4, -0.2) is 10.1 Å². The Morgan fingerprint density at radius 3 is 2.79 bits per heavy atom. The molecular weight excluding hydrogens is 254 g/mol. The smallest absolute Gasteiger partial charge is 0.0956 e. The minimum absolute atomic E-state index is 0.587. The van der Waals surface area contributed by atoms with Crippen molar-refractivity contribution < 1.29 is 5.11 Å². The highest BCUT2D eigenvalue weighted by atomic mass is 32.1. The molecule has 0 bridgehead atoms. The molecule has 1 unspecified atom stereocenters. The maximum Gasteiger partial charge on any atom is 0.0956 e. The number of nitrogens with zero attached hydrogens (tertiary/aromatic N) is 1. The minimum atomic E-state index is -0.829. The summed E-state index contributed by atoms with van der Waals surface area (Å²) in [6, 6.07) is 6.47. The monoisotopic (exact) mass is 273 g/mol. The third-order valence-electron chi connectivity index (χ3n) is 3.95. The van der Waals surface area contributed by atoms with Crippen molar-refractivity contribution in [2.75, 3.05) is 0 Å². The first-order valence-corrected chi connectivity index (χ1v) is 7.76. The molecule has 0 amide bonds. The van der Waals surface area contributed by atoms with Gasteiger partial charge in [0.15, 0.2) is 0 Å². The molecule has 0 aliphatic heterocycles. The van der Waals surface area contributed by atoms with E-state index in [0.29, 0.717) is 6.42 Å². The van der Waals surface area contributed by atoms with Crippen LogP contribution in [0.2, 0.25) is 0 Å². The average molecular weight is 273 g/mol. The molecule has 1 aliphatic carbocycles. The van der Waals surface area contributed by atoms with Crippen molar-refractivity contribution in [3.8, 4) is 0 Å². The Kier molecular flexibility index (Phi) is 3.42. The lowest BCUT2D eigenvalue weighted by atomic mass is 9.85. The molecule has 1 N–H and O–H groups in total. The molecule has 0 saturated heterocycles. The molecule has 1 atom stereocenters. The Hall–Kier alpha value is -1.19. The van der Waals surface area contributed by atoms with Gasteiger partial charge in [-0.25, -0.2) is 4.98 Å². The Morgan fingerprint density at radius 2 is 2.05 bits per heavy atom. The van der Waals surface area contributed by atoms with Crippen LogP contribution in [0, 0.1) is 0 Å². The fourth-order valence-corrected chi connectivity index (χ4v) is 3.57. The molecule has 2 aromatic rings. The molecule has 0 radical (unpaired) electrons. The third-order valence-corrected chi connectivity index (χ3v) is 4.73. The Morgan fingerprint density at radius 1 is 1.26 bits per heavy atom. The molecule has 19 heavy (non-hydrogen) atoms. The van der Waals surface area contributed by atoms with Gasteiger partial charge in [0.2, 0.25) is 0 Å². The number of aromatic nitrogens is 1. The molecule has 1 aliphatic rings. The number of benzene rings is 1. The molecule has 3 heteroatoms. The van der Waals surface area contributed by atoms with Crippen LogP contribution in [0.25, 0.3) is 0 Å². The third kappa shape index (κ3) is 2.72. The molecule has 2 nitrogen and oxygen atoms in total. The first-order chi connectivity index (χ1) is 9.15. The Bertz CT molecular complexity index is 560. The largest absolute Gasteiger partial charge is 0.385 e. The van der Waals surface area contributed by atoms with E-state index in [2.05, 4.69) is 23.2 Å². The van der Waals surface area contributed by atoms with Crippen molar-refractivity contribution in [1.82, 2.24) is 4.98 Å². The van der Waals surface area contributed by atoms with E-state index in [1.54, 1.807) is 17.5 Å². The topological polar surface area (TPSA) is 33.1 Å². The van der Waals surface area contributed by atoms with Crippen LogP contribution in [0.5, 0.6) is 0 Å². The quantitative estimate of drug-likeness (QED) is 0.929.